The topological polar surface area (TPSA) is 112 Å². The molecule has 0 radical (unpaired) electrons. The number of nitrogens with one attached hydrogen (secondary N) is 2. The van der Waals surface area contributed by atoms with Crippen molar-refractivity contribution in [2.24, 2.45) is 0 Å². The minimum atomic E-state index is -0.298. The SMILES string of the molecule is CCc1cc(NC(=O)c2ccc(N3CCN(C(=O)CCc4cc(=O)[nH]o4)CC3)nc2)ccc1C. The van der Waals surface area contributed by atoms with Crippen LogP contribution in [0.5, 0.6) is 0 Å². The number of anilines is 2. The molecule has 9 nitrogen and oxygen atoms in total. The molecule has 1 aliphatic heterocycles. The normalized spacial score (nSPS) is 13.7. The summed E-state index contributed by atoms with van der Waals surface area (Å²) in [5, 5.41) is 5.17. The summed E-state index contributed by atoms with van der Waals surface area (Å²) in [5.41, 5.74) is 3.39. The number of benzene rings is 1. The lowest BCUT2D eigenvalue weighted by Gasteiger charge is -2.35. The van der Waals surface area contributed by atoms with Crippen molar-refractivity contribution in [2.45, 2.75) is 33.1 Å². The Bertz CT molecular complexity index is 1210. The number of aromatic amines is 1. The van der Waals surface area contributed by atoms with Gasteiger partial charge in [-0.15, -0.1) is 0 Å². The van der Waals surface area contributed by atoms with Crippen molar-refractivity contribution in [3.8, 4) is 0 Å². The van der Waals surface area contributed by atoms with E-state index in [1.807, 2.05) is 29.2 Å². The minimum absolute atomic E-state index is 0.0332. The van der Waals surface area contributed by atoms with Crippen LogP contribution in [0.2, 0.25) is 0 Å². The number of carbonyl (C=O) groups is 2. The van der Waals surface area contributed by atoms with Crippen LogP contribution in [-0.4, -0.2) is 53.0 Å². The zero-order chi connectivity index (χ0) is 24.1. The molecule has 2 aromatic heterocycles. The number of rotatable bonds is 7. The van der Waals surface area contributed by atoms with Gasteiger partial charge in [0.15, 0.2) is 0 Å². The number of pyridine rings is 1. The number of nitrogens with zero attached hydrogens (tertiary/aromatic N) is 3. The van der Waals surface area contributed by atoms with E-state index in [2.05, 4.69) is 34.2 Å². The third-order valence-corrected chi connectivity index (χ3v) is 6.11. The Hall–Kier alpha value is -3.88. The van der Waals surface area contributed by atoms with Crippen molar-refractivity contribution in [3.63, 3.8) is 0 Å². The van der Waals surface area contributed by atoms with Gasteiger partial charge in [0.1, 0.15) is 11.6 Å². The third kappa shape index (κ3) is 5.54. The summed E-state index contributed by atoms with van der Waals surface area (Å²) >= 11 is 0. The van der Waals surface area contributed by atoms with Gasteiger partial charge in [-0.2, -0.15) is 5.16 Å². The van der Waals surface area contributed by atoms with Crippen molar-refractivity contribution in [3.05, 3.63) is 75.4 Å². The maximum Gasteiger partial charge on any atom is 0.280 e. The van der Waals surface area contributed by atoms with Crippen molar-refractivity contribution < 1.29 is 14.1 Å². The van der Waals surface area contributed by atoms with Crippen molar-refractivity contribution in [2.75, 3.05) is 36.4 Å². The molecule has 1 aliphatic rings. The molecule has 0 unspecified atom stereocenters. The van der Waals surface area contributed by atoms with E-state index in [4.69, 9.17) is 4.52 Å². The second-order valence-electron chi connectivity index (χ2n) is 8.40. The first-order valence-electron chi connectivity index (χ1n) is 11.5. The lowest BCUT2D eigenvalue weighted by atomic mass is 10.1. The van der Waals surface area contributed by atoms with Crippen LogP contribution in [0.3, 0.4) is 0 Å². The predicted octanol–water partition coefficient (Wildman–Crippen LogP) is 2.77. The standard InChI is InChI=1S/C25H29N5O4/c1-3-18-14-20(6-4-17(18)2)27-25(33)19-5-8-22(26-16-19)29-10-12-30(13-11-29)24(32)9-7-21-15-23(31)28-34-21/h4-6,8,14-16H,3,7,9-13H2,1-2H3,(H,27,33)(H,28,31). The van der Waals surface area contributed by atoms with E-state index in [1.165, 1.54) is 17.2 Å². The number of aromatic nitrogens is 2. The van der Waals surface area contributed by atoms with Gasteiger partial charge in [0, 0.05) is 57.0 Å². The number of aryl methyl sites for hydroxylation is 3. The van der Waals surface area contributed by atoms with Crippen LogP contribution < -0.4 is 15.8 Å². The van der Waals surface area contributed by atoms with Gasteiger partial charge in [-0.05, 0) is 48.7 Å². The lowest BCUT2D eigenvalue weighted by Crippen LogP contribution is -2.49. The molecule has 3 aromatic rings. The van der Waals surface area contributed by atoms with Crippen LogP contribution >= 0.6 is 0 Å². The summed E-state index contributed by atoms with van der Waals surface area (Å²) in [6.45, 7) is 6.66. The molecule has 34 heavy (non-hydrogen) atoms. The van der Waals surface area contributed by atoms with E-state index >= 15 is 0 Å². The first-order valence-corrected chi connectivity index (χ1v) is 11.5. The molecule has 1 fully saturated rings. The van der Waals surface area contributed by atoms with E-state index in [1.54, 1.807) is 12.3 Å². The fraction of sp³-hybridized carbons (Fsp3) is 0.360. The molecule has 9 heteroatoms. The number of piperazine rings is 1. The molecule has 2 amide bonds. The number of hydrogen-bond donors (Lipinski definition) is 2. The van der Waals surface area contributed by atoms with E-state index in [9.17, 15) is 14.4 Å². The summed E-state index contributed by atoms with van der Waals surface area (Å²) in [4.78, 5) is 44.6. The molecule has 0 bridgehead atoms. The molecule has 0 aliphatic carbocycles. The monoisotopic (exact) mass is 463 g/mol. The van der Waals surface area contributed by atoms with Crippen LogP contribution in [0.25, 0.3) is 0 Å². The number of amides is 2. The molecule has 1 saturated heterocycles. The van der Waals surface area contributed by atoms with Crippen LogP contribution in [0.4, 0.5) is 11.5 Å². The summed E-state index contributed by atoms with van der Waals surface area (Å²) < 4.78 is 5.00. The zero-order valence-electron chi connectivity index (χ0n) is 19.5. The summed E-state index contributed by atoms with van der Waals surface area (Å²) in [5.74, 6) is 1.10. The summed E-state index contributed by atoms with van der Waals surface area (Å²) in [6, 6.07) is 10.9. The average molecular weight is 464 g/mol. The highest BCUT2D eigenvalue weighted by molar-refractivity contribution is 6.04. The van der Waals surface area contributed by atoms with Gasteiger partial charge >= 0.3 is 0 Å². The lowest BCUT2D eigenvalue weighted by molar-refractivity contribution is -0.131. The second kappa shape index (κ2) is 10.4. The van der Waals surface area contributed by atoms with Gasteiger partial charge in [-0.3, -0.25) is 14.4 Å². The molecule has 4 rings (SSSR count). The average Bonchev–Trinajstić information content (AvgIpc) is 3.29. The van der Waals surface area contributed by atoms with E-state index in [0.717, 1.165) is 17.9 Å². The van der Waals surface area contributed by atoms with Crippen LogP contribution in [0, 0.1) is 6.92 Å². The van der Waals surface area contributed by atoms with E-state index in [-0.39, 0.29) is 17.4 Å². The smallest absolute Gasteiger partial charge is 0.280 e. The fourth-order valence-corrected chi connectivity index (χ4v) is 4.06. The van der Waals surface area contributed by atoms with Crippen LogP contribution in [0.15, 0.2) is 51.9 Å². The Morgan fingerprint density at radius 1 is 1.12 bits per heavy atom. The molecule has 3 heterocycles. The van der Waals surface area contributed by atoms with Crippen molar-refractivity contribution in [1.29, 1.82) is 0 Å². The maximum atomic E-state index is 12.6. The van der Waals surface area contributed by atoms with Gasteiger partial charge in [0.25, 0.3) is 11.5 Å². The molecule has 1 aromatic carbocycles. The Morgan fingerprint density at radius 2 is 1.91 bits per heavy atom. The Labute approximate surface area is 197 Å². The van der Waals surface area contributed by atoms with Crippen LogP contribution in [-0.2, 0) is 17.6 Å². The van der Waals surface area contributed by atoms with Crippen LogP contribution in [0.1, 0.15) is 40.6 Å². The molecule has 0 spiro atoms. The summed E-state index contributed by atoms with van der Waals surface area (Å²) in [7, 11) is 0. The van der Waals surface area contributed by atoms with Crippen molar-refractivity contribution >= 4 is 23.3 Å². The molecular weight excluding hydrogens is 434 g/mol. The third-order valence-electron chi connectivity index (χ3n) is 6.11. The predicted molar refractivity (Wildman–Crippen MR) is 129 cm³/mol. The first-order chi connectivity index (χ1) is 16.4. The zero-order valence-corrected chi connectivity index (χ0v) is 19.5. The van der Waals surface area contributed by atoms with Gasteiger partial charge in [0.2, 0.25) is 5.91 Å². The summed E-state index contributed by atoms with van der Waals surface area (Å²) in [6.07, 6.45) is 3.19. The molecule has 2 N–H and O–H groups in total. The number of H-pyrrole nitrogens is 1. The highest BCUT2D eigenvalue weighted by atomic mass is 16.5. The second-order valence-corrected chi connectivity index (χ2v) is 8.40. The van der Waals surface area contributed by atoms with Gasteiger partial charge in [0.05, 0.1) is 5.56 Å². The maximum absolute atomic E-state index is 12.6. The van der Waals surface area contributed by atoms with Crippen molar-refractivity contribution in [1.82, 2.24) is 15.0 Å². The van der Waals surface area contributed by atoms with Gasteiger partial charge < -0.3 is 19.6 Å². The highest BCUT2D eigenvalue weighted by Gasteiger charge is 2.22. The molecule has 178 valence electrons. The molecule has 0 saturated carbocycles. The Balaban J connectivity index is 1.28. The fourth-order valence-electron chi connectivity index (χ4n) is 4.06. The van der Waals surface area contributed by atoms with Gasteiger partial charge in [-0.25, -0.2) is 4.98 Å². The quantitative estimate of drug-likeness (QED) is 0.557. The Morgan fingerprint density at radius 3 is 2.56 bits per heavy atom. The highest BCUT2D eigenvalue weighted by Crippen LogP contribution is 2.18. The molecule has 0 atom stereocenters. The number of carbonyl (C=O) groups excluding carboxylic acids is 2. The van der Waals surface area contributed by atoms with E-state index < -0.39 is 0 Å². The number of hydrogen-bond acceptors (Lipinski definition) is 6. The largest absolute Gasteiger partial charge is 0.384 e. The Kier molecular flexibility index (Phi) is 7.10. The first kappa shape index (κ1) is 23.3. The van der Waals surface area contributed by atoms with Gasteiger partial charge in [-0.1, -0.05) is 13.0 Å². The molecular formula is C25H29N5O4. The van der Waals surface area contributed by atoms with E-state index in [0.29, 0.717) is 50.3 Å². The minimum Gasteiger partial charge on any atom is -0.384 e.